The van der Waals surface area contributed by atoms with Crippen LogP contribution < -0.4 is 0 Å². The molecule has 0 saturated carbocycles. The Balaban J connectivity index is -0.000000798. The second-order valence-corrected chi connectivity index (χ2v) is 18.4. The predicted octanol–water partition coefficient (Wildman–Crippen LogP) is 18.2. The Hall–Kier alpha value is -1.62. The van der Waals surface area contributed by atoms with Gasteiger partial charge < -0.3 is 15.3 Å². The quantitative estimate of drug-likeness (QED) is 0.0420. The first kappa shape index (κ1) is 61.7. The Morgan fingerprint density at radius 2 is 0.644 bits per heavy atom. The highest BCUT2D eigenvalue weighted by Gasteiger charge is 2.00. The van der Waals surface area contributed by atoms with Crippen molar-refractivity contribution in [3.8, 4) is 0 Å². The second-order valence-electron chi connectivity index (χ2n) is 18.4. The van der Waals surface area contributed by atoms with Gasteiger partial charge in [-0.2, -0.15) is 0 Å². The van der Waals surface area contributed by atoms with E-state index in [4.69, 9.17) is 15.3 Å². The van der Waals surface area contributed by atoms with Crippen molar-refractivity contribution in [2.45, 2.75) is 291 Å². The highest BCUT2D eigenvalue weighted by Crippen LogP contribution is 2.16. The molecule has 0 aromatic carbocycles. The lowest BCUT2D eigenvalue weighted by Gasteiger charge is -2.04. The molecule has 0 atom stereocenters. The molecule has 0 radical (unpaired) electrons. The molecule has 0 spiro atoms. The van der Waals surface area contributed by atoms with Crippen LogP contribution in [0.2, 0.25) is 0 Å². The number of carboxylic acid groups (broad SMARTS) is 2. The van der Waals surface area contributed by atoms with Gasteiger partial charge in [0.2, 0.25) is 0 Å². The SMILES string of the molecule is CC(C)CCCCCCCCCCCCCCC(=O)O.CC(C)CCCCCCCCCCCCCCC(=O)O.CCCCC/C=C\C/C=C\CCCCCCCCO. The molecule has 0 aromatic heterocycles. The van der Waals surface area contributed by atoms with Crippen LogP contribution in [0.25, 0.3) is 0 Å². The summed E-state index contributed by atoms with van der Waals surface area (Å²) in [6.45, 7) is 11.8. The Morgan fingerprint density at radius 3 is 0.932 bits per heavy atom. The summed E-state index contributed by atoms with van der Waals surface area (Å²) in [4.78, 5) is 20.7. The fourth-order valence-electron chi connectivity index (χ4n) is 7.29. The molecule has 5 nitrogen and oxygen atoms in total. The van der Waals surface area contributed by atoms with Crippen LogP contribution in [0.4, 0.5) is 0 Å². The third-order valence-corrected chi connectivity index (χ3v) is 11.2. The summed E-state index contributed by atoms with van der Waals surface area (Å²) in [6.07, 6.45) is 58.9. The highest BCUT2D eigenvalue weighted by molar-refractivity contribution is 5.66. The zero-order valence-electron chi connectivity index (χ0n) is 40.6. The van der Waals surface area contributed by atoms with E-state index < -0.39 is 11.9 Å². The number of rotatable bonds is 44. The van der Waals surface area contributed by atoms with E-state index in [2.05, 4.69) is 58.9 Å². The molecule has 0 saturated heterocycles. The lowest BCUT2D eigenvalue weighted by atomic mass is 10.0. The van der Waals surface area contributed by atoms with Crippen molar-refractivity contribution in [3.05, 3.63) is 24.3 Å². The van der Waals surface area contributed by atoms with E-state index in [0.717, 1.165) is 50.4 Å². The molecule has 0 amide bonds. The molecule has 0 aromatic rings. The minimum absolute atomic E-state index is 0.344. The molecule has 0 rings (SSSR count). The molecule has 0 unspecified atom stereocenters. The maximum atomic E-state index is 10.3. The largest absolute Gasteiger partial charge is 0.481 e. The molecule has 0 aliphatic carbocycles. The minimum Gasteiger partial charge on any atom is -0.481 e. The van der Waals surface area contributed by atoms with Crippen LogP contribution in [0.5, 0.6) is 0 Å². The molecule has 0 bridgehead atoms. The van der Waals surface area contributed by atoms with Crippen molar-refractivity contribution < 1.29 is 24.9 Å². The number of carbonyl (C=O) groups is 2. The third-order valence-electron chi connectivity index (χ3n) is 11.2. The van der Waals surface area contributed by atoms with Crippen LogP contribution in [-0.4, -0.2) is 33.9 Å². The van der Waals surface area contributed by atoms with E-state index in [1.165, 1.54) is 205 Å². The number of aliphatic carboxylic acids is 2. The van der Waals surface area contributed by atoms with Gasteiger partial charge in [-0.15, -0.1) is 0 Å². The Labute approximate surface area is 369 Å². The molecule has 352 valence electrons. The maximum absolute atomic E-state index is 10.3. The van der Waals surface area contributed by atoms with Crippen molar-refractivity contribution in [1.29, 1.82) is 0 Å². The fraction of sp³-hybridized carbons (Fsp3) is 0.889. The summed E-state index contributed by atoms with van der Waals surface area (Å²) < 4.78 is 0. The topological polar surface area (TPSA) is 94.8 Å². The minimum atomic E-state index is -0.654. The van der Waals surface area contributed by atoms with Crippen LogP contribution in [0.15, 0.2) is 24.3 Å². The molecule has 0 aliphatic rings. The van der Waals surface area contributed by atoms with Gasteiger partial charge >= 0.3 is 11.9 Å². The zero-order chi connectivity index (χ0) is 44.1. The molecule has 0 aliphatic heterocycles. The summed E-state index contributed by atoms with van der Waals surface area (Å²) in [6, 6.07) is 0. The van der Waals surface area contributed by atoms with Crippen molar-refractivity contribution in [1.82, 2.24) is 0 Å². The summed E-state index contributed by atoms with van der Waals surface area (Å²) in [5, 5.41) is 25.7. The van der Waals surface area contributed by atoms with E-state index in [1.54, 1.807) is 0 Å². The number of aliphatic hydroxyl groups excluding tert-OH is 1. The summed E-state index contributed by atoms with van der Waals surface area (Å²) in [7, 11) is 0. The highest BCUT2D eigenvalue weighted by atomic mass is 16.4. The Kier molecular flexibility index (Phi) is 58.9. The number of aliphatic hydroxyl groups is 1. The van der Waals surface area contributed by atoms with Gasteiger partial charge in [-0.1, -0.05) is 252 Å². The van der Waals surface area contributed by atoms with Gasteiger partial charge in [-0.3, -0.25) is 9.59 Å². The van der Waals surface area contributed by atoms with Crippen LogP contribution in [-0.2, 0) is 9.59 Å². The summed E-state index contributed by atoms with van der Waals surface area (Å²) in [5.74, 6) is 0.424. The van der Waals surface area contributed by atoms with Crippen molar-refractivity contribution >= 4 is 11.9 Å². The summed E-state index contributed by atoms with van der Waals surface area (Å²) in [5.41, 5.74) is 0. The van der Waals surface area contributed by atoms with E-state index >= 15 is 0 Å². The average Bonchev–Trinajstić information content (AvgIpc) is 3.19. The van der Waals surface area contributed by atoms with E-state index in [-0.39, 0.29) is 0 Å². The van der Waals surface area contributed by atoms with E-state index in [9.17, 15) is 9.59 Å². The molecule has 5 heteroatoms. The van der Waals surface area contributed by atoms with Crippen LogP contribution in [0.1, 0.15) is 291 Å². The maximum Gasteiger partial charge on any atom is 0.303 e. The predicted molar refractivity (Wildman–Crippen MR) is 261 cm³/mol. The molecular formula is C54H106O5. The van der Waals surface area contributed by atoms with Crippen molar-refractivity contribution in [2.75, 3.05) is 6.61 Å². The third kappa shape index (κ3) is 71.2. The fourth-order valence-corrected chi connectivity index (χ4v) is 7.29. The normalized spacial score (nSPS) is 11.4. The van der Waals surface area contributed by atoms with Crippen LogP contribution >= 0.6 is 0 Å². The Morgan fingerprint density at radius 1 is 0.373 bits per heavy atom. The van der Waals surface area contributed by atoms with Gasteiger partial charge in [0.05, 0.1) is 0 Å². The van der Waals surface area contributed by atoms with E-state index in [0.29, 0.717) is 19.4 Å². The van der Waals surface area contributed by atoms with Crippen molar-refractivity contribution in [3.63, 3.8) is 0 Å². The molecule has 0 heterocycles. The van der Waals surface area contributed by atoms with Gasteiger partial charge in [-0.05, 0) is 63.2 Å². The molecule has 0 fully saturated rings. The second kappa shape index (κ2) is 56.4. The van der Waals surface area contributed by atoms with Crippen LogP contribution in [0, 0.1) is 11.8 Å². The standard InChI is InChI=1S/2C18H36O2.C18H34O/c2*1-17(2)15-13-11-9-7-5-3-4-6-8-10-12-14-16-18(19)20;1-2-3-4-5-6-7-8-9-10-11-12-13-14-15-16-17-18-19/h2*17H,3-16H2,1-2H3,(H,19,20);6-7,9-10,19H,2-5,8,11-18H2,1H3/b;;7-6-,10-9-. The Bertz CT molecular complexity index is 802. The lowest BCUT2D eigenvalue weighted by Crippen LogP contribution is -1.93. The van der Waals surface area contributed by atoms with E-state index in [1.807, 2.05) is 0 Å². The number of allylic oxidation sites excluding steroid dienone is 4. The number of unbranched alkanes of at least 4 members (excludes halogenated alkanes) is 31. The number of hydrogen-bond acceptors (Lipinski definition) is 3. The van der Waals surface area contributed by atoms with Gasteiger partial charge in [0.25, 0.3) is 0 Å². The molecule has 3 N–H and O–H groups in total. The van der Waals surface area contributed by atoms with Gasteiger partial charge in [0, 0.05) is 19.4 Å². The van der Waals surface area contributed by atoms with Gasteiger partial charge in [0.1, 0.15) is 0 Å². The first-order valence-electron chi connectivity index (χ1n) is 26.0. The monoisotopic (exact) mass is 835 g/mol. The zero-order valence-corrected chi connectivity index (χ0v) is 40.6. The number of hydrogen-bond donors (Lipinski definition) is 3. The first-order valence-corrected chi connectivity index (χ1v) is 26.0. The van der Waals surface area contributed by atoms with Gasteiger partial charge in [-0.25, -0.2) is 0 Å². The molecule has 59 heavy (non-hydrogen) atoms. The smallest absolute Gasteiger partial charge is 0.303 e. The van der Waals surface area contributed by atoms with Gasteiger partial charge in [0.15, 0.2) is 0 Å². The number of carboxylic acids is 2. The van der Waals surface area contributed by atoms with Crippen molar-refractivity contribution in [2.24, 2.45) is 11.8 Å². The summed E-state index contributed by atoms with van der Waals surface area (Å²) >= 11 is 0. The lowest BCUT2D eigenvalue weighted by molar-refractivity contribution is -0.138. The first-order chi connectivity index (χ1) is 28.7. The average molecular weight is 835 g/mol. The van der Waals surface area contributed by atoms with Crippen LogP contribution in [0.3, 0.4) is 0 Å². The molecular weight excluding hydrogens is 729 g/mol.